The molecular weight excluding hydrogens is 184 g/mol. The van der Waals surface area contributed by atoms with Gasteiger partial charge in [-0.25, -0.2) is 0 Å². The first-order chi connectivity index (χ1) is 6.22. The molecule has 0 radical (unpaired) electrons. The van der Waals surface area contributed by atoms with Crippen molar-refractivity contribution in [2.45, 2.75) is 13.0 Å². The summed E-state index contributed by atoms with van der Waals surface area (Å²) >= 11 is 5.87. The molecule has 1 aliphatic heterocycles. The molecule has 0 spiro atoms. The van der Waals surface area contributed by atoms with Crippen LogP contribution < -0.4 is 10.6 Å². The lowest BCUT2D eigenvalue weighted by Gasteiger charge is -2.08. The van der Waals surface area contributed by atoms with E-state index in [1.54, 1.807) is 0 Å². The smallest absolute Gasteiger partial charge is 0.0588 e. The van der Waals surface area contributed by atoms with Gasteiger partial charge in [-0.1, -0.05) is 11.6 Å². The first-order valence-electron chi connectivity index (χ1n) is 4.45. The Morgan fingerprint density at radius 2 is 2.38 bits per heavy atom. The summed E-state index contributed by atoms with van der Waals surface area (Å²) < 4.78 is 0. The monoisotopic (exact) mass is 196 g/mol. The molecule has 0 aromatic heterocycles. The zero-order valence-corrected chi connectivity index (χ0v) is 8.38. The van der Waals surface area contributed by atoms with Crippen molar-refractivity contribution in [3.05, 3.63) is 28.8 Å². The van der Waals surface area contributed by atoms with Crippen molar-refractivity contribution in [1.29, 1.82) is 0 Å². The fourth-order valence-electron chi connectivity index (χ4n) is 1.62. The zero-order chi connectivity index (χ0) is 9.42. The van der Waals surface area contributed by atoms with E-state index < -0.39 is 0 Å². The Morgan fingerprint density at radius 1 is 1.62 bits per heavy atom. The number of nitrogens with two attached hydrogens (primary N) is 1. The number of aryl methyl sites for hydroxylation is 1. The Bertz CT molecular complexity index is 325. The van der Waals surface area contributed by atoms with Crippen molar-refractivity contribution in [1.82, 2.24) is 0 Å². The maximum absolute atomic E-state index is 5.87. The molecule has 2 nitrogen and oxygen atoms in total. The van der Waals surface area contributed by atoms with Crippen LogP contribution in [0.15, 0.2) is 18.2 Å². The van der Waals surface area contributed by atoms with Crippen LogP contribution in [0.2, 0.25) is 5.02 Å². The van der Waals surface area contributed by atoms with Gasteiger partial charge in [-0.05, 0) is 30.7 Å². The van der Waals surface area contributed by atoms with Crippen LogP contribution >= 0.6 is 11.6 Å². The van der Waals surface area contributed by atoms with Gasteiger partial charge in [-0.3, -0.25) is 0 Å². The largest absolute Gasteiger partial charge is 0.363 e. The van der Waals surface area contributed by atoms with Crippen LogP contribution in [0.4, 0.5) is 5.69 Å². The molecule has 70 valence electrons. The minimum absolute atomic E-state index is 0.542. The molecule has 0 amide bonds. The van der Waals surface area contributed by atoms with Crippen LogP contribution in [0.3, 0.4) is 0 Å². The predicted octanol–water partition coefficient (Wildman–Crippen LogP) is 1.80. The van der Waals surface area contributed by atoms with Crippen molar-refractivity contribution in [3.8, 4) is 0 Å². The standard InChI is InChI=1S/C10H13ClN2/c1-7-4-8(11)2-3-10(7)13-6-9(13)5-12/h2-4,9H,5-6,12H2,1H3. The molecule has 2 rings (SSSR count). The molecule has 1 unspecified atom stereocenters. The van der Waals surface area contributed by atoms with E-state index in [1.807, 2.05) is 12.1 Å². The Kier molecular flexibility index (Phi) is 2.18. The summed E-state index contributed by atoms with van der Waals surface area (Å²) in [6.45, 7) is 3.90. The molecule has 13 heavy (non-hydrogen) atoms. The fourth-order valence-corrected chi connectivity index (χ4v) is 1.84. The Hall–Kier alpha value is -0.730. The topological polar surface area (TPSA) is 29.0 Å². The molecule has 1 aromatic rings. The van der Waals surface area contributed by atoms with E-state index in [0.29, 0.717) is 6.04 Å². The lowest BCUT2D eigenvalue weighted by molar-refractivity contribution is 0.965. The van der Waals surface area contributed by atoms with E-state index in [2.05, 4.69) is 17.9 Å². The van der Waals surface area contributed by atoms with Gasteiger partial charge in [0.15, 0.2) is 0 Å². The highest BCUT2D eigenvalue weighted by Crippen LogP contribution is 2.31. The third kappa shape index (κ3) is 1.64. The molecule has 1 aromatic carbocycles. The summed E-state index contributed by atoms with van der Waals surface area (Å²) in [5, 5.41) is 0.799. The first-order valence-corrected chi connectivity index (χ1v) is 4.83. The van der Waals surface area contributed by atoms with Crippen LogP contribution in [0.5, 0.6) is 0 Å². The second-order valence-electron chi connectivity index (χ2n) is 3.47. The molecule has 0 bridgehead atoms. The number of hydrogen-bond acceptors (Lipinski definition) is 2. The molecule has 1 atom stereocenters. The van der Waals surface area contributed by atoms with E-state index >= 15 is 0 Å². The minimum Gasteiger partial charge on any atom is -0.363 e. The minimum atomic E-state index is 0.542. The average Bonchev–Trinajstić information content (AvgIpc) is 2.83. The molecule has 2 N–H and O–H groups in total. The van der Waals surface area contributed by atoms with Crippen LogP contribution in [-0.2, 0) is 0 Å². The van der Waals surface area contributed by atoms with Gasteiger partial charge in [-0.2, -0.15) is 0 Å². The number of halogens is 1. The summed E-state index contributed by atoms with van der Waals surface area (Å²) in [7, 11) is 0. The van der Waals surface area contributed by atoms with Gasteiger partial charge in [0, 0.05) is 23.8 Å². The maximum Gasteiger partial charge on any atom is 0.0588 e. The molecule has 0 saturated carbocycles. The van der Waals surface area contributed by atoms with Crippen molar-refractivity contribution < 1.29 is 0 Å². The van der Waals surface area contributed by atoms with Gasteiger partial charge in [-0.15, -0.1) is 0 Å². The quantitative estimate of drug-likeness (QED) is 0.731. The summed E-state index contributed by atoms with van der Waals surface area (Å²) in [5.41, 5.74) is 8.06. The van der Waals surface area contributed by atoms with E-state index in [1.165, 1.54) is 11.3 Å². The summed E-state index contributed by atoms with van der Waals surface area (Å²) in [6, 6.07) is 6.52. The summed E-state index contributed by atoms with van der Waals surface area (Å²) in [6.07, 6.45) is 0. The van der Waals surface area contributed by atoms with Gasteiger partial charge >= 0.3 is 0 Å². The first kappa shape index (κ1) is 8.85. The van der Waals surface area contributed by atoms with Crippen molar-refractivity contribution in [3.63, 3.8) is 0 Å². The third-order valence-electron chi connectivity index (χ3n) is 2.45. The SMILES string of the molecule is Cc1cc(Cl)ccc1N1CC1CN. The molecule has 3 heteroatoms. The molecule has 1 fully saturated rings. The average molecular weight is 197 g/mol. The normalized spacial score (nSPS) is 20.5. The number of hydrogen-bond donors (Lipinski definition) is 1. The molecule has 0 aliphatic carbocycles. The van der Waals surface area contributed by atoms with Gasteiger partial charge in [0.05, 0.1) is 6.04 Å². The fraction of sp³-hybridized carbons (Fsp3) is 0.400. The highest BCUT2D eigenvalue weighted by atomic mass is 35.5. The van der Waals surface area contributed by atoms with Crippen molar-refractivity contribution >= 4 is 17.3 Å². The van der Waals surface area contributed by atoms with E-state index in [0.717, 1.165) is 18.1 Å². The Labute approximate surface area is 83.3 Å². The lowest BCUT2D eigenvalue weighted by Crippen LogP contribution is -2.12. The van der Waals surface area contributed by atoms with E-state index in [9.17, 15) is 0 Å². The molecule has 1 aliphatic rings. The van der Waals surface area contributed by atoms with Crippen LogP contribution in [-0.4, -0.2) is 19.1 Å². The summed E-state index contributed by atoms with van der Waals surface area (Å²) in [4.78, 5) is 2.30. The zero-order valence-electron chi connectivity index (χ0n) is 7.63. The van der Waals surface area contributed by atoms with Crippen molar-refractivity contribution in [2.24, 2.45) is 5.73 Å². The maximum atomic E-state index is 5.87. The second kappa shape index (κ2) is 3.20. The molecule has 1 saturated heterocycles. The predicted molar refractivity (Wildman–Crippen MR) is 56.4 cm³/mol. The Balaban J connectivity index is 2.22. The van der Waals surface area contributed by atoms with Crippen molar-refractivity contribution in [2.75, 3.05) is 18.0 Å². The number of rotatable bonds is 2. The van der Waals surface area contributed by atoms with E-state index in [-0.39, 0.29) is 0 Å². The van der Waals surface area contributed by atoms with Gasteiger partial charge in [0.2, 0.25) is 0 Å². The molecular formula is C10H13ClN2. The van der Waals surface area contributed by atoms with E-state index in [4.69, 9.17) is 17.3 Å². The number of benzene rings is 1. The van der Waals surface area contributed by atoms with Gasteiger partial charge < -0.3 is 10.6 Å². The van der Waals surface area contributed by atoms with Crippen LogP contribution in [0, 0.1) is 6.92 Å². The number of nitrogens with zero attached hydrogens (tertiary/aromatic N) is 1. The lowest BCUT2D eigenvalue weighted by atomic mass is 10.2. The van der Waals surface area contributed by atoms with Gasteiger partial charge in [0.25, 0.3) is 0 Å². The number of anilines is 1. The Morgan fingerprint density at radius 3 is 2.92 bits per heavy atom. The summed E-state index contributed by atoms with van der Waals surface area (Å²) in [5.74, 6) is 0. The second-order valence-corrected chi connectivity index (χ2v) is 3.91. The third-order valence-corrected chi connectivity index (χ3v) is 2.69. The van der Waals surface area contributed by atoms with Crippen LogP contribution in [0.25, 0.3) is 0 Å². The highest BCUT2D eigenvalue weighted by molar-refractivity contribution is 6.30. The van der Waals surface area contributed by atoms with Gasteiger partial charge in [0.1, 0.15) is 0 Å². The molecule has 1 heterocycles. The highest BCUT2D eigenvalue weighted by Gasteiger charge is 2.33. The van der Waals surface area contributed by atoms with Crippen LogP contribution in [0.1, 0.15) is 5.56 Å².